The Morgan fingerprint density at radius 3 is 2.41 bits per heavy atom. The van der Waals surface area contributed by atoms with E-state index in [2.05, 4.69) is 4.98 Å². The minimum absolute atomic E-state index is 0.247. The molecule has 0 saturated carbocycles. The molecule has 1 heterocycles. The monoisotopic (exact) mass is 229 g/mol. The summed E-state index contributed by atoms with van der Waals surface area (Å²) in [6.07, 6.45) is 2.71. The molecule has 4 nitrogen and oxygen atoms in total. The Morgan fingerprint density at radius 2 is 1.82 bits per heavy atom. The van der Waals surface area contributed by atoms with E-state index in [1.807, 2.05) is 19.1 Å². The third-order valence-corrected chi connectivity index (χ3v) is 2.54. The number of pyridine rings is 1. The van der Waals surface area contributed by atoms with Gasteiger partial charge in [0.05, 0.1) is 0 Å². The summed E-state index contributed by atoms with van der Waals surface area (Å²) in [5, 5.41) is 8.86. The van der Waals surface area contributed by atoms with Gasteiger partial charge in [-0.25, -0.2) is 4.79 Å². The fraction of sp³-hybridized carbons (Fsp3) is 0.0769. The third kappa shape index (κ3) is 2.10. The second-order valence-electron chi connectivity index (χ2n) is 3.78. The molecule has 0 bridgehead atoms. The Morgan fingerprint density at radius 1 is 1.18 bits per heavy atom. The van der Waals surface area contributed by atoms with Crippen molar-refractivity contribution in [1.82, 2.24) is 4.98 Å². The highest BCUT2D eigenvalue weighted by molar-refractivity contribution is 5.88. The molecule has 0 amide bonds. The molecule has 0 aliphatic rings. The number of aryl methyl sites for hydroxylation is 1. The maximum absolute atomic E-state index is 11.9. The van der Waals surface area contributed by atoms with Crippen LogP contribution in [0, 0.1) is 6.92 Å². The van der Waals surface area contributed by atoms with Gasteiger partial charge in [0.2, 0.25) is 5.43 Å². The van der Waals surface area contributed by atoms with Gasteiger partial charge < -0.3 is 10.1 Å². The van der Waals surface area contributed by atoms with E-state index in [1.54, 1.807) is 12.1 Å². The lowest BCUT2D eigenvalue weighted by Gasteiger charge is -2.02. The number of nitrogens with one attached hydrogen (secondary N) is 1. The lowest BCUT2D eigenvalue weighted by Crippen LogP contribution is -2.16. The molecule has 17 heavy (non-hydrogen) atoms. The number of aromatic amines is 1. The van der Waals surface area contributed by atoms with E-state index in [9.17, 15) is 9.59 Å². The second kappa shape index (κ2) is 4.25. The van der Waals surface area contributed by atoms with Crippen LogP contribution in [-0.2, 0) is 0 Å². The Bertz CT molecular complexity index is 611. The zero-order valence-corrected chi connectivity index (χ0v) is 9.23. The highest BCUT2D eigenvalue weighted by atomic mass is 16.4. The predicted molar refractivity (Wildman–Crippen MR) is 64.2 cm³/mol. The van der Waals surface area contributed by atoms with Crippen LogP contribution < -0.4 is 5.43 Å². The molecular formula is C13H11NO3. The normalized spacial score (nSPS) is 10.2. The molecule has 2 rings (SSSR count). The standard InChI is InChI=1S/C13H11NO3/c1-8-2-4-9(5-3-8)10-6-14-7-11(12(10)15)13(16)17/h2-7H,1H3,(H,14,15)(H,16,17). The van der Waals surface area contributed by atoms with Gasteiger partial charge in [0, 0.05) is 18.0 Å². The van der Waals surface area contributed by atoms with E-state index >= 15 is 0 Å². The summed E-state index contributed by atoms with van der Waals surface area (Å²) < 4.78 is 0. The number of aromatic carboxylic acids is 1. The van der Waals surface area contributed by atoms with Crippen molar-refractivity contribution in [2.45, 2.75) is 6.92 Å². The van der Waals surface area contributed by atoms with E-state index in [0.717, 1.165) is 5.56 Å². The van der Waals surface area contributed by atoms with Gasteiger partial charge in [-0.05, 0) is 12.5 Å². The van der Waals surface area contributed by atoms with Crippen LogP contribution in [-0.4, -0.2) is 16.1 Å². The van der Waals surface area contributed by atoms with Crippen LogP contribution in [0.5, 0.6) is 0 Å². The molecular weight excluding hydrogens is 218 g/mol. The average molecular weight is 229 g/mol. The Balaban J connectivity index is 2.61. The van der Waals surface area contributed by atoms with E-state index < -0.39 is 11.4 Å². The average Bonchev–Trinajstić information content (AvgIpc) is 2.30. The fourth-order valence-corrected chi connectivity index (χ4v) is 1.59. The minimum Gasteiger partial charge on any atom is -0.477 e. The van der Waals surface area contributed by atoms with Crippen molar-refractivity contribution in [1.29, 1.82) is 0 Å². The zero-order valence-electron chi connectivity index (χ0n) is 9.23. The number of hydrogen-bond acceptors (Lipinski definition) is 2. The van der Waals surface area contributed by atoms with E-state index in [4.69, 9.17) is 5.11 Å². The fourth-order valence-electron chi connectivity index (χ4n) is 1.59. The van der Waals surface area contributed by atoms with Crippen LogP contribution >= 0.6 is 0 Å². The van der Waals surface area contributed by atoms with Crippen molar-refractivity contribution in [2.24, 2.45) is 0 Å². The summed E-state index contributed by atoms with van der Waals surface area (Å²) in [7, 11) is 0. The quantitative estimate of drug-likeness (QED) is 0.827. The Kier molecular flexibility index (Phi) is 2.78. The van der Waals surface area contributed by atoms with Crippen LogP contribution in [0.4, 0.5) is 0 Å². The van der Waals surface area contributed by atoms with E-state index in [1.165, 1.54) is 12.4 Å². The van der Waals surface area contributed by atoms with Crippen molar-refractivity contribution in [2.75, 3.05) is 0 Å². The van der Waals surface area contributed by atoms with Gasteiger partial charge >= 0.3 is 5.97 Å². The summed E-state index contributed by atoms with van der Waals surface area (Å²) in [6.45, 7) is 1.95. The number of hydrogen-bond donors (Lipinski definition) is 2. The van der Waals surface area contributed by atoms with E-state index in [0.29, 0.717) is 11.1 Å². The van der Waals surface area contributed by atoms with Gasteiger partial charge in [0.25, 0.3) is 0 Å². The molecule has 0 unspecified atom stereocenters. The number of carboxylic acid groups (broad SMARTS) is 1. The minimum atomic E-state index is -1.22. The summed E-state index contributed by atoms with van der Waals surface area (Å²) in [5.41, 5.74) is 1.44. The maximum atomic E-state index is 11.9. The van der Waals surface area contributed by atoms with Gasteiger partial charge in [-0.2, -0.15) is 0 Å². The molecule has 0 radical (unpaired) electrons. The van der Waals surface area contributed by atoms with Crippen molar-refractivity contribution in [3.05, 3.63) is 58.0 Å². The number of rotatable bonds is 2. The summed E-state index contributed by atoms with van der Waals surface area (Å²) in [5.74, 6) is -1.22. The van der Waals surface area contributed by atoms with Gasteiger partial charge in [-0.3, -0.25) is 4.79 Å². The molecule has 0 atom stereocenters. The van der Waals surface area contributed by atoms with Gasteiger partial charge in [0.15, 0.2) is 0 Å². The van der Waals surface area contributed by atoms with Crippen LogP contribution in [0.15, 0.2) is 41.5 Å². The zero-order chi connectivity index (χ0) is 12.4. The summed E-state index contributed by atoms with van der Waals surface area (Å²) >= 11 is 0. The SMILES string of the molecule is Cc1ccc(-c2c[nH]cc(C(=O)O)c2=O)cc1. The molecule has 86 valence electrons. The Labute approximate surface area is 97.6 Å². The number of carboxylic acids is 1. The van der Waals surface area contributed by atoms with Crippen LogP contribution in [0.3, 0.4) is 0 Å². The van der Waals surface area contributed by atoms with Crippen molar-refractivity contribution in [3.8, 4) is 11.1 Å². The van der Waals surface area contributed by atoms with Gasteiger partial charge in [-0.15, -0.1) is 0 Å². The maximum Gasteiger partial charge on any atom is 0.341 e. The number of H-pyrrole nitrogens is 1. The second-order valence-corrected chi connectivity index (χ2v) is 3.78. The largest absolute Gasteiger partial charge is 0.477 e. The Hall–Kier alpha value is -2.36. The van der Waals surface area contributed by atoms with Crippen molar-refractivity contribution >= 4 is 5.97 Å². The molecule has 0 aliphatic carbocycles. The smallest absolute Gasteiger partial charge is 0.341 e. The molecule has 1 aromatic carbocycles. The first-order valence-corrected chi connectivity index (χ1v) is 5.11. The van der Waals surface area contributed by atoms with Crippen molar-refractivity contribution < 1.29 is 9.90 Å². The molecule has 0 spiro atoms. The van der Waals surface area contributed by atoms with Crippen LogP contribution in [0.25, 0.3) is 11.1 Å². The molecule has 0 saturated heterocycles. The lowest BCUT2D eigenvalue weighted by molar-refractivity contribution is 0.0695. The van der Waals surface area contributed by atoms with Gasteiger partial charge in [-0.1, -0.05) is 29.8 Å². The van der Waals surface area contributed by atoms with Crippen LogP contribution in [0.1, 0.15) is 15.9 Å². The molecule has 1 aromatic heterocycles. The van der Waals surface area contributed by atoms with Gasteiger partial charge in [0.1, 0.15) is 5.56 Å². The first-order valence-electron chi connectivity index (χ1n) is 5.11. The molecule has 4 heteroatoms. The summed E-state index contributed by atoms with van der Waals surface area (Å²) in [4.78, 5) is 25.4. The molecule has 2 N–H and O–H groups in total. The first-order chi connectivity index (χ1) is 8.09. The summed E-state index contributed by atoms with van der Waals surface area (Å²) in [6, 6.07) is 7.35. The van der Waals surface area contributed by atoms with Crippen molar-refractivity contribution in [3.63, 3.8) is 0 Å². The lowest BCUT2D eigenvalue weighted by atomic mass is 10.0. The molecule has 2 aromatic rings. The van der Waals surface area contributed by atoms with Crippen LogP contribution in [0.2, 0.25) is 0 Å². The first kappa shape index (κ1) is 11.1. The third-order valence-electron chi connectivity index (χ3n) is 2.54. The molecule has 0 aliphatic heterocycles. The number of aromatic nitrogens is 1. The topological polar surface area (TPSA) is 70.2 Å². The highest BCUT2D eigenvalue weighted by Gasteiger charge is 2.12. The highest BCUT2D eigenvalue weighted by Crippen LogP contribution is 2.15. The van der Waals surface area contributed by atoms with E-state index in [-0.39, 0.29) is 5.56 Å². The number of carbonyl (C=O) groups is 1. The predicted octanol–water partition coefficient (Wildman–Crippen LogP) is 2.05. The molecule has 0 fully saturated rings. The number of benzene rings is 1.